The maximum atomic E-state index is 12.5. The molecule has 1 aromatic heterocycles. The number of amides is 1. The Morgan fingerprint density at radius 2 is 2.08 bits per heavy atom. The van der Waals surface area contributed by atoms with Crippen LogP contribution in [-0.2, 0) is 11.3 Å². The van der Waals surface area contributed by atoms with Gasteiger partial charge in [0.2, 0.25) is 5.91 Å². The summed E-state index contributed by atoms with van der Waals surface area (Å²) in [5, 5.41) is 5.40. The predicted octanol–water partition coefficient (Wildman–Crippen LogP) is 2.95. The van der Waals surface area contributed by atoms with Gasteiger partial charge >= 0.3 is 0 Å². The molecular weight excluding hydrogens is 318 g/mol. The van der Waals surface area contributed by atoms with Gasteiger partial charge < -0.3 is 5.32 Å². The number of rotatable bonds is 6. The standard InChI is InChI=1S/C19H31N3OS/c1-2-22-10-4-3-7-18(22)19(23)20-14-16-8-11-21(12-9-16)15-17-6-5-13-24-17/h5-6,13,16,18H,2-4,7-12,14-15H2,1H3,(H,20,23). The van der Waals surface area contributed by atoms with Gasteiger partial charge in [0.15, 0.2) is 0 Å². The molecule has 2 fully saturated rings. The Kier molecular flexibility index (Phi) is 6.69. The molecule has 0 spiro atoms. The van der Waals surface area contributed by atoms with Crippen molar-refractivity contribution in [3.8, 4) is 0 Å². The molecule has 1 amide bonds. The highest BCUT2D eigenvalue weighted by atomic mass is 32.1. The van der Waals surface area contributed by atoms with E-state index in [2.05, 4.69) is 39.6 Å². The van der Waals surface area contributed by atoms with Gasteiger partial charge in [0, 0.05) is 18.0 Å². The zero-order valence-corrected chi connectivity index (χ0v) is 15.7. The highest BCUT2D eigenvalue weighted by Crippen LogP contribution is 2.21. The van der Waals surface area contributed by atoms with Crippen molar-refractivity contribution in [3.63, 3.8) is 0 Å². The van der Waals surface area contributed by atoms with E-state index in [0.29, 0.717) is 5.92 Å². The van der Waals surface area contributed by atoms with Crippen LogP contribution in [0.25, 0.3) is 0 Å². The summed E-state index contributed by atoms with van der Waals surface area (Å²) in [6.07, 6.45) is 5.86. The number of hydrogen-bond acceptors (Lipinski definition) is 4. The van der Waals surface area contributed by atoms with Crippen LogP contribution in [0, 0.1) is 5.92 Å². The normalized spacial score (nSPS) is 24.1. The van der Waals surface area contributed by atoms with Crippen molar-refractivity contribution in [2.75, 3.05) is 32.7 Å². The molecule has 134 valence electrons. The first-order chi connectivity index (χ1) is 11.8. The van der Waals surface area contributed by atoms with Crippen molar-refractivity contribution in [2.24, 2.45) is 5.92 Å². The highest BCUT2D eigenvalue weighted by Gasteiger charge is 2.28. The molecule has 2 aliphatic rings. The molecule has 24 heavy (non-hydrogen) atoms. The average molecular weight is 350 g/mol. The molecule has 0 saturated carbocycles. The molecule has 3 rings (SSSR count). The van der Waals surface area contributed by atoms with Gasteiger partial charge in [-0.15, -0.1) is 11.3 Å². The minimum Gasteiger partial charge on any atom is -0.354 e. The summed E-state index contributed by atoms with van der Waals surface area (Å²) >= 11 is 1.85. The Hall–Kier alpha value is -0.910. The lowest BCUT2D eigenvalue weighted by Gasteiger charge is -2.35. The largest absolute Gasteiger partial charge is 0.354 e. The van der Waals surface area contributed by atoms with Crippen LogP contribution in [-0.4, -0.2) is 54.5 Å². The molecule has 3 heterocycles. The third-order valence-corrected chi connectivity index (χ3v) is 6.42. The van der Waals surface area contributed by atoms with E-state index in [-0.39, 0.29) is 11.9 Å². The Morgan fingerprint density at radius 3 is 2.79 bits per heavy atom. The molecule has 1 aromatic rings. The molecule has 1 N–H and O–H groups in total. The maximum absolute atomic E-state index is 12.5. The Balaban J connectivity index is 1.37. The average Bonchev–Trinajstić information content (AvgIpc) is 3.14. The van der Waals surface area contributed by atoms with Crippen molar-refractivity contribution in [2.45, 2.75) is 51.6 Å². The molecular formula is C19H31N3OS. The van der Waals surface area contributed by atoms with Gasteiger partial charge in [-0.3, -0.25) is 14.6 Å². The summed E-state index contributed by atoms with van der Waals surface area (Å²) in [7, 11) is 0. The van der Waals surface area contributed by atoms with Crippen molar-refractivity contribution < 1.29 is 4.79 Å². The third-order valence-electron chi connectivity index (χ3n) is 5.55. The fraction of sp³-hybridized carbons (Fsp3) is 0.737. The van der Waals surface area contributed by atoms with Crippen molar-refractivity contribution in [3.05, 3.63) is 22.4 Å². The second kappa shape index (κ2) is 8.97. The van der Waals surface area contributed by atoms with E-state index in [1.165, 1.54) is 30.6 Å². The summed E-state index contributed by atoms with van der Waals surface area (Å²) in [5.41, 5.74) is 0. The van der Waals surface area contributed by atoms with Gasteiger partial charge in [-0.05, 0) is 69.2 Å². The van der Waals surface area contributed by atoms with Crippen molar-refractivity contribution >= 4 is 17.2 Å². The Morgan fingerprint density at radius 1 is 1.25 bits per heavy atom. The molecule has 5 heteroatoms. The van der Waals surface area contributed by atoms with Gasteiger partial charge in [-0.1, -0.05) is 19.4 Å². The quantitative estimate of drug-likeness (QED) is 0.858. The number of carbonyl (C=O) groups excluding carboxylic acids is 1. The zero-order valence-electron chi connectivity index (χ0n) is 14.9. The topological polar surface area (TPSA) is 35.6 Å². The van der Waals surface area contributed by atoms with E-state index in [1.54, 1.807) is 0 Å². The minimum atomic E-state index is 0.114. The van der Waals surface area contributed by atoms with Gasteiger partial charge in [-0.25, -0.2) is 0 Å². The van der Waals surface area contributed by atoms with E-state index in [9.17, 15) is 4.79 Å². The summed E-state index contributed by atoms with van der Waals surface area (Å²) in [6.45, 7) is 8.49. The van der Waals surface area contributed by atoms with Crippen molar-refractivity contribution in [1.82, 2.24) is 15.1 Å². The number of likely N-dealkylation sites (tertiary alicyclic amines) is 2. The number of nitrogens with zero attached hydrogens (tertiary/aromatic N) is 2. The van der Waals surface area contributed by atoms with Crippen LogP contribution < -0.4 is 5.32 Å². The monoisotopic (exact) mass is 349 g/mol. The van der Waals surface area contributed by atoms with Crippen LogP contribution in [0.4, 0.5) is 0 Å². The first-order valence-corrected chi connectivity index (χ1v) is 10.4. The summed E-state index contributed by atoms with van der Waals surface area (Å²) < 4.78 is 0. The molecule has 2 saturated heterocycles. The highest BCUT2D eigenvalue weighted by molar-refractivity contribution is 7.09. The summed E-state index contributed by atoms with van der Waals surface area (Å²) in [5.74, 6) is 0.907. The van der Waals surface area contributed by atoms with E-state index in [4.69, 9.17) is 0 Å². The summed E-state index contributed by atoms with van der Waals surface area (Å²) in [4.78, 5) is 18.9. The van der Waals surface area contributed by atoms with Gasteiger partial charge in [0.05, 0.1) is 6.04 Å². The number of nitrogens with one attached hydrogen (secondary N) is 1. The van der Waals surface area contributed by atoms with Crippen LogP contribution in [0.5, 0.6) is 0 Å². The van der Waals surface area contributed by atoms with Gasteiger partial charge in [0.25, 0.3) is 0 Å². The fourth-order valence-corrected chi connectivity index (χ4v) is 4.75. The molecule has 2 aliphatic heterocycles. The van der Waals surface area contributed by atoms with Crippen LogP contribution in [0.15, 0.2) is 17.5 Å². The predicted molar refractivity (Wildman–Crippen MR) is 100 cm³/mol. The van der Waals surface area contributed by atoms with Crippen LogP contribution in [0.1, 0.15) is 43.9 Å². The molecule has 0 radical (unpaired) electrons. The first kappa shape index (κ1) is 17.9. The smallest absolute Gasteiger partial charge is 0.237 e. The first-order valence-electron chi connectivity index (χ1n) is 9.52. The maximum Gasteiger partial charge on any atom is 0.237 e. The molecule has 1 unspecified atom stereocenters. The third kappa shape index (κ3) is 4.80. The molecule has 4 nitrogen and oxygen atoms in total. The summed E-state index contributed by atoms with van der Waals surface area (Å²) in [6, 6.07) is 4.47. The zero-order chi connectivity index (χ0) is 16.8. The molecule has 1 atom stereocenters. The fourth-order valence-electron chi connectivity index (χ4n) is 4.00. The molecule has 0 aliphatic carbocycles. The van der Waals surface area contributed by atoms with E-state index in [1.807, 2.05) is 11.3 Å². The Labute approximate surface area is 150 Å². The van der Waals surface area contributed by atoms with Crippen LogP contribution >= 0.6 is 11.3 Å². The number of carbonyl (C=O) groups is 1. The van der Waals surface area contributed by atoms with Crippen LogP contribution in [0.2, 0.25) is 0 Å². The van der Waals surface area contributed by atoms with E-state index in [0.717, 1.165) is 45.7 Å². The van der Waals surface area contributed by atoms with E-state index >= 15 is 0 Å². The minimum absolute atomic E-state index is 0.114. The molecule has 0 aromatic carbocycles. The lowest BCUT2D eigenvalue weighted by atomic mass is 9.96. The number of thiophene rings is 1. The lowest BCUT2D eigenvalue weighted by molar-refractivity contribution is -0.127. The number of hydrogen-bond donors (Lipinski definition) is 1. The van der Waals surface area contributed by atoms with E-state index < -0.39 is 0 Å². The van der Waals surface area contributed by atoms with Gasteiger partial charge in [-0.2, -0.15) is 0 Å². The SMILES string of the molecule is CCN1CCCCC1C(=O)NCC1CCN(Cc2cccs2)CC1. The number of likely N-dealkylation sites (N-methyl/N-ethyl adjacent to an activating group) is 1. The number of piperidine rings is 2. The van der Waals surface area contributed by atoms with Crippen LogP contribution in [0.3, 0.4) is 0 Å². The second-order valence-corrected chi connectivity index (χ2v) is 8.22. The lowest BCUT2D eigenvalue weighted by Crippen LogP contribution is -2.50. The Bertz CT molecular complexity index is 497. The van der Waals surface area contributed by atoms with Crippen molar-refractivity contribution in [1.29, 1.82) is 0 Å². The molecule has 0 bridgehead atoms. The second-order valence-electron chi connectivity index (χ2n) is 7.18. The van der Waals surface area contributed by atoms with Gasteiger partial charge in [0.1, 0.15) is 0 Å².